The van der Waals surface area contributed by atoms with Crippen molar-refractivity contribution in [2.75, 3.05) is 12.8 Å². The lowest BCUT2D eigenvalue weighted by Crippen LogP contribution is -2.46. The molecule has 33 heavy (non-hydrogen) atoms. The summed E-state index contributed by atoms with van der Waals surface area (Å²) in [6.45, 7) is 12.4. The highest BCUT2D eigenvalue weighted by Crippen LogP contribution is 2.44. The van der Waals surface area contributed by atoms with Crippen molar-refractivity contribution in [2.24, 2.45) is 0 Å². The minimum absolute atomic E-state index is 0.109. The maximum absolute atomic E-state index is 13.2. The Labute approximate surface area is 198 Å². The quantitative estimate of drug-likeness (QED) is 0.649. The molecule has 1 heterocycles. The first-order chi connectivity index (χ1) is 15.1. The van der Waals surface area contributed by atoms with E-state index in [1.54, 1.807) is 6.20 Å². The van der Waals surface area contributed by atoms with Crippen LogP contribution in [0.4, 0.5) is 0 Å². The largest absolute Gasteiger partial charge is 0.341 e. The van der Waals surface area contributed by atoms with Gasteiger partial charge in [0.25, 0.3) is 5.91 Å². The second-order valence-corrected chi connectivity index (χ2v) is 13.0. The first-order valence-corrected chi connectivity index (χ1v) is 13.3. The van der Waals surface area contributed by atoms with Gasteiger partial charge in [0.2, 0.25) is 10.0 Å². The Kier molecular flexibility index (Phi) is 6.80. The van der Waals surface area contributed by atoms with E-state index < -0.39 is 15.6 Å². The van der Waals surface area contributed by atoms with Gasteiger partial charge in [-0.2, -0.15) is 4.31 Å². The highest BCUT2D eigenvalue weighted by Gasteiger charge is 2.47. The lowest BCUT2D eigenvalue weighted by atomic mass is 9.82. The lowest BCUT2D eigenvalue weighted by molar-refractivity contribution is 0.0929. The van der Waals surface area contributed by atoms with Gasteiger partial charge in [0.05, 0.1) is 17.5 Å². The number of nitrogens with one attached hydrogen (secondary N) is 1. The van der Waals surface area contributed by atoms with Gasteiger partial charge in [0, 0.05) is 23.8 Å². The number of pyridine rings is 1. The highest BCUT2D eigenvalue weighted by atomic mass is 32.2. The second kappa shape index (κ2) is 8.84. The van der Waals surface area contributed by atoms with Gasteiger partial charge >= 0.3 is 0 Å². The number of benzene rings is 1. The van der Waals surface area contributed by atoms with E-state index in [2.05, 4.69) is 31.1 Å². The summed E-state index contributed by atoms with van der Waals surface area (Å²) in [7, 11) is -3.34. The second-order valence-electron chi connectivity index (χ2n) is 11.1. The number of amides is 1. The summed E-state index contributed by atoms with van der Waals surface area (Å²) in [5.74, 6) is -0.109. The van der Waals surface area contributed by atoms with Gasteiger partial charge in [-0.15, -0.1) is 0 Å². The Morgan fingerprint density at radius 3 is 2.24 bits per heavy atom. The fourth-order valence-electron chi connectivity index (χ4n) is 4.36. The van der Waals surface area contributed by atoms with Crippen LogP contribution in [-0.2, 0) is 27.4 Å². The van der Waals surface area contributed by atoms with Crippen LogP contribution in [0.15, 0.2) is 42.6 Å². The maximum atomic E-state index is 13.2. The molecule has 0 radical (unpaired) electrons. The molecule has 1 fully saturated rings. The van der Waals surface area contributed by atoms with Gasteiger partial charge in [-0.1, -0.05) is 32.9 Å². The fourth-order valence-corrected chi connectivity index (χ4v) is 5.78. The van der Waals surface area contributed by atoms with Gasteiger partial charge in [-0.3, -0.25) is 9.78 Å². The van der Waals surface area contributed by atoms with Crippen molar-refractivity contribution in [3.8, 4) is 0 Å². The van der Waals surface area contributed by atoms with Gasteiger partial charge in [0.15, 0.2) is 0 Å². The third-order valence-electron chi connectivity index (χ3n) is 6.17. The molecule has 0 aliphatic heterocycles. The predicted molar refractivity (Wildman–Crippen MR) is 133 cm³/mol. The van der Waals surface area contributed by atoms with Crippen molar-refractivity contribution < 1.29 is 13.2 Å². The molecule has 3 rings (SSSR count). The van der Waals surface area contributed by atoms with Gasteiger partial charge in [-0.05, 0) is 80.8 Å². The van der Waals surface area contributed by atoms with Gasteiger partial charge < -0.3 is 5.32 Å². The molecule has 0 unspecified atom stereocenters. The molecule has 1 N–H and O–H groups in total. The van der Waals surface area contributed by atoms with Crippen molar-refractivity contribution >= 4 is 15.9 Å². The zero-order valence-corrected chi connectivity index (χ0v) is 21.7. The summed E-state index contributed by atoms with van der Waals surface area (Å²) in [5.41, 5.74) is 2.56. The monoisotopic (exact) mass is 471 g/mol. The summed E-state index contributed by atoms with van der Waals surface area (Å²) in [5, 5.41) is 3.20. The molecule has 1 aromatic heterocycles. The summed E-state index contributed by atoms with van der Waals surface area (Å²) in [4.78, 5) is 17.6. The number of carbonyl (C=O) groups is 1. The van der Waals surface area contributed by atoms with Crippen molar-refractivity contribution in [1.82, 2.24) is 14.6 Å². The standard InChI is InChI=1S/C26H37N3O3S/c1-24(2,3)21-18-20(23(30)28-26(14-15-26)22-10-8-9-16-27-22)12-11-19(21)13-17-29(25(4,5)6)33(7,31)32/h8-12,16,18H,13-15,17H2,1-7H3,(H,28,30). The number of sulfonamides is 1. The van der Waals surface area contributed by atoms with Gasteiger partial charge in [-0.25, -0.2) is 8.42 Å². The van der Waals surface area contributed by atoms with Crippen LogP contribution in [0.25, 0.3) is 0 Å². The molecule has 1 saturated carbocycles. The van der Waals surface area contributed by atoms with E-state index >= 15 is 0 Å². The average molecular weight is 472 g/mol. The Morgan fingerprint density at radius 1 is 1.09 bits per heavy atom. The number of carbonyl (C=O) groups excluding carboxylic acids is 1. The minimum atomic E-state index is -3.34. The number of aromatic nitrogens is 1. The van der Waals surface area contributed by atoms with E-state index in [-0.39, 0.29) is 16.9 Å². The Balaban J connectivity index is 1.85. The molecule has 1 aromatic carbocycles. The van der Waals surface area contributed by atoms with Crippen LogP contribution in [0, 0.1) is 0 Å². The SMILES string of the molecule is CC(C)(C)c1cc(C(=O)NC2(c3ccccn3)CC2)ccc1CCN(C(C)(C)C)S(C)(=O)=O. The minimum Gasteiger partial charge on any atom is -0.341 e. The Morgan fingerprint density at radius 2 is 1.76 bits per heavy atom. The van der Waals surface area contributed by atoms with E-state index in [1.807, 2.05) is 57.2 Å². The molecule has 1 aliphatic carbocycles. The van der Waals surface area contributed by atoms with Crippen LogP contribution in [0.1, 0.15) is 81.6 Å². The average Bonchev–Trinajstić information content (AvgIpc) is 3.46. The Hall–Kier alpha value is -2.25. The normalized spacial score (nSPS) is 16.0. The third-order valence-corrected chi connectivity index (χ3v) is 7.70. The molecule has 7 heteroatoms. The van der Waals surface area contributed by atoms with Crippen LogP contribution >= 0.6 is 0 Å². The maximum Gasteiger partial charge on any atom is 0.252 e. The number of nitrogens with zero attached hydrogens (tertiary/aromatic N) is 2. The first-order valence-electron chi connectivity index (χ1n) is 11.5. The van der Waals surface area contributed by atoms with E-state index in [1.165, 1.54) is 10.6 Å². The number of rotatable bonds is 7. The summed E-state index contributed by atoms with van der Waals surface area (Å²) < 4.78 is 26.2. The lowest BCUT2D eigenvalue weighted by Gasteiger charge is -2.34. The topological polar surface area (TPSA) is 79.4 Å². The van der Waals surface area contributed by atoms with Crippen molar-refractivity contribution in [3.63, 3.8) is 0 Å². The molecule has 1 amide bonds. The van der Waals surface area contributed by atoms with Crippen molar-refractivity contribution in [3.05, 3.63) is 65.0 Å². The molecular weight excluding hydrogens is 434 g/mol. The number of hydrogen-bond acceptors (Lipinski definition) is 4. The molecule has 0 bridgehead atoms. The molecular formula is C26H37N3O3S. The van der Waals surface area contributed by atoms with Crippen LogP contribution in [0.2, 0.25) is 0 Å². The van der Waals surface area contributed by atoms with Crippen LogP contribution in [-0.4, -0.2) is 42.0 Å². The molecule has 0 saturated heterocycles. The summed E-state index contributed by atoms with van der Waals surface area (Å²) in [6.07, 6.45) is 5.36. The Bertz CT molecular complexity index is 1110. The van der Waals surface area contributed by atoms with Crippen LogP contribution in [0.3, 0.4) is 0 Å². The number of hydrogen-bond donors (Lipinski definition) is 1. The highest BCUT2D eigenvalue weighted by molar-refractivity contribution is 7.88. The van der Waals surface area contributed by atoms with E-state index in [0.29, 0.717) is 18.5 Å². The molecule has 2 aromatic rings. The zero-order valence-electron chi connectivity index (χ0n) is 20.9. The molecule has 0 spiro atoms. The summed E-state index contributed by atoms with van der Waals surface area (Å²) in [6, 6.07) is 11.6. The first kappa shape index (κ1) is 25.4. The molecule has 1 aliphatic rings. The summed E-state index contributed by atoms with van der Waals surface area (Å²) >= 11 is 0. The molecule has 6 nitrogen and oxygen atoms in total. The van der Waals surface area contributed by atoms with Crippen LogP contribution in [0.5, 0.6) is 0 Å². The molecule has 0 atom stereocenters. The van der Waals surface area contributed by atoms with Gasteiger partial charge in [0.1, 0.15) is 0 Å². The molecule has 180 valence electrons. The van der Waals surface area contributed by atoms with E-state index in [4.69, 9.17) is 0 Å². The predicted octanol–water partition coefficient (Wildman–Crippen LogP) is 4.40. The van der Waals surface area contributed by atoms with E-state index in [9.17, 15) is 13.2 Å². The third kappa shape index (κ3) is 6.01. The zero-order chi connectivity index (χ0) is 24.7. The van der Waals surface area contributed by atoms with Crippen molar-refractivity contribution in [2.45, 2.75) is 77.3 Å². The van der Waals surface area contributed by atoms with Crippen molar-refractivity contribution in [1.29, 1.82) is 0 Å². The van der Waals surface area contributed by atoms with E-state index in [0.717, 1.165) is 29.7 Å². The van der Waals surface area contributed by atoms with Crippen LogP contribution < -0.4 is 5.32 Å². The smallest absolute Gasteiger partial charge is 0.252 e. The fraction of sp³-hybridized carbons (Fsp3) is 0.538.